The predicted octanol–water partition coefficient (Wildman–Crippen LogP) is 4.31. The van der Waals surface area contributed by atoms with Crippen molar-refractivity contribution in [1.82, 2.24) is 5.32 Å². The number of benzene rings is 1. The molecule has 2 rings (SSSR count). The molecule has 1 aromatic carbocycles. The molecule has 106 valence electrons. The van der Waals surface area contributed by atoms with Crippen LogP contribution in [0.15, 0.2) is 24.3 Å². The maximum Gasteiger partial charge on any atom is 0.124 e. The van der Waals surface area contributed by atoms with Crippen molar-refractivity contribution in [2.24, 2.45) is 5.92 Å². The molecule has 0 aromatic heterocycles. The molecule has 2 nitrogen and oxygen atoms in total. The van der Waals surface area contributed by atoms with E-state index < -0.39 is 0 Å². The Morgan fingerprint density at radius 3 is 2.79 bits per heavy atom. The fraction of sp³-hybridized carbons (Fsp3) is 0.647. The largest absolute Gasteiger partial charge is 0.487 e. The molecular formula is C17H27NO. The zero-order chi connectivity index (χ0) is 13.9. The minimum atomic E-state index is -0.0477. The second-order valence-electron chi connectivity index (χ2n) is 6.40. The van der Waals surface area contributed by atoms with E-state index in [-0.39, 0.29) is 5.60 Å². The number of fused-ring (bicyclic) bond motifs is 1. The van der Waals surface area contributed by atoms with Gasteiger partial charge in [0.2, 0.25) is 0 Å². The Kier molecular flexibility index (Phi) is 4.51. The summed E-state index contributed by atoms with van der Waals surface area (Å²) in [6.07, 6.45) is 3.33. The highest BCUT2D eigenvalue weighted by atomic mass is 16.5. The fourth-order valence-corrected chi connectivity index (χ4v) is 3.20. The molecule has 1 aliphatic heterocycles. The Morgan fingerprint density at radius 1 is 1.37 bits per heavy atom. The van der Waals surface area contributed by atoms with Crippen LogP contribution in [0.4, 0.5) is 0 Å². The summed E-state index contributed by atoms with van der Waals surface area (Å²) in [7, 11) is 0. The van der Waals surface area contributed by atoms with Crippen LogP contribution >= 0.6 is 0 Å². The van der Waals surface area contributed by atoms with E-state index >= 15 is 0 Å². The summed E-state index contributed by atoms with van der Waals surface area (Å²) >= 11 is 0. The molecular weight excluding hydrogens is 234 g/mol. The first-order valence-corrected chi connectivity index (χ1v) is 7.55. The van der Waals surface area contributed by atoms with Crippen molar-refractivity contribution in [2.45, 2.75) is 58.6 Å². The minimum absolute atomic E-state index is 0.0477. The second-order valence-corrected chi connectivity index (χ2v) is 6.40. The van der Waals surface area contributed by atoms with Crippen molar-refractivity contribution in [3.63, 3.8) is 0 Å². The molecule has 0 aliphatic carbocycles. The molecule has 0 radical (unpaired) electrons. The lowest BCUT2D eigenvalue weighted by Gasteiger charge is -2.41. The Bertz CT molecular complexity index is 415. The molecule has 19 heavy (non-hydrogen) atoms. The van der Waals surface area contributed by atoms with E-state index in [1.54, 1.807) is 0 Å². The quantitative estimate of drug-likeness (QED) is 0.852. The molecule has 0 fully saturated rings. The molecule has 0 bridgehead atoms. The SMILES string of the molecule is CCCNC1CC(C)(CC(C)C)Oc2ccccc21. The lowest BCUT2D eigenvalue weighted by Crippen LogP contribution is -2.42. The van der Waals surface area contributed by atoms with Gasteiger partial charge in [-0.3, -0.25) is 0 Å². The van der Waals surface area contributed by atoms with Gasteiger partial charge in [0.15, 0.2) is 0 Å². The van der Waals surface area contributed by atoms with E-state index in [0.29, 0.717) is 12.0 Å². The third-order valence-electron chi connectivity index (χ3n) is 3.77. The average molecular weight is 261 g/mol. The summed E-state index contributed by atoms with van der Waals surface area (Å²) in [5, 5.41) is 3.68. The van der Waals surface area contributed by atoms with Crippen LogP contribution in [0, 0.1) is 5.92 Å². The van der Waals surface area contributed by atoms with E-state index in [0.717, 1.165) is 25.1 Å². The Labute approximate surface area is 117 Å². The van der Waals surface area contributed by atoms with Gasteiger partial charge < -0.3 is 10.1 Å². The second kappa shape index (κ2) is 5.96. The van der Waals surface area contributed by atoms with Gasteiger partial charge in [0.1, 0.15) is 11.4 Å². The molecule has 1 N–H and O–H groups in total. The maximum absolute atomic E-state index is 6.30. The molecule has 2 unspecified atom stereocenters. The number of hydrogen-bond acceptors (Lipinski definition) is 2. The van der Waals surface area contributed by atoms with E-state index in [1.807, 2.05) is 0 Å². The van der Waals surface area contributed by atoms with Crippen molar-refractivity contribution >= 4 is 0 Å². The first-order chi connectivity index (χ1) is 9.04. The van der Waals surface area contributed by atoms with Crippen LogP contribution in [0.3, 0.4) is 0 Å². The zero-order valence-corrected chi connectivity index (χ0v) is 12.7. The molecule has 1 aromatic rings. The first-order valence-electron chi connectivity index (χ1n) is 7.55. The molecule has 2 heteroatoms. The van der Waals surface area contributed by atoms with Crippen molar-refractivity contribution in [3.05, 3.63) is 29.8 Å². The van der Waals surface area contributed by atoms with Gasteiger partial charge in [0.05, 0.1) is 0 Å². The molecule has 1 aliphatic rings. The normalized spacial score (nSPS) is 26.1. The number of para-hydroxylation sites is 1. The number of rotatable bonds is 5. The smallest absolute Gasteiger partial charge is 0.124 e. The maximum atomic E-state index is 6.30. The number of hydrogen-bond donors (Lipinski definition) is 1. The number of nitrogens with one attached hydrogen (secondary N) is 1. The van der Waals surface area contributed by atoms with Crippen LogP contribution in [-0.4, -0.2) is 12.1 Å². The van der Waals surface area contributed by atoms with Crippen molar-refractivity contribution in [2.75, 3.05) is 6.54 Å². The summed E-state index contributed by atoms with van der Waals surface area (Å²) in [5.74, 6) is 1.72. The van der Waals surface area contributed by atoms with Crippen LogP contribution < -0.4 is 10.1 Å². The van der Waals surface area contributed by atoms with Gasteiger partial charge in [-0.15, -0.1) is 0 Å². The zero-order valence-electron chi connectivity index (χ0n) is 12.7. The van der Waals surface area contributed by atoms with Crippen LogP contribution in [0.5, 0.6) is 5.75 Å². The molecule has 1 heterocycles. The third-order valence-corrected chi connectivity index (χ3v) is 3.77. The summed E-state index contributed by atoms with van der Waals surface area (Å²) in [6.45, 7) is 10.1. The Balaban J connectivity index is 2.23. The summed E-state index contributed by atoms with van der Waals surface area (Å²) in [6, 6.07) is 8.89. The van der Waals surface area contributed by atoms with Crippen LogP contribution in [0.2, 0.25) is 0 Å². The molecule has 0 saturated carbocycles. The van der Waals surface area contributed by atoms with Gasteiger partial charge in [-0.05, 0) is 38.3 Å². The molecule has 0 amide bonds. The van der Waals surface area contributed by atoms with E-state index in [4.69, 9.17) is 4.74 Å². The van der Waals surface area contributed by atoms with Crippen molar-refractivity contribution in [3.8, 4) is 5.75 Å². The summed E-state index contributed by atoms with van der Waals surface area (Å²) < 4.78 is 6.30. The van der Waals surface area contributed by atoms with Gasteiger partial charge in [0, 0.05) is 18.0 Å². The fourth-order valence-electron chi connectivity index (χ4n) is 3.20. The highest BCUT2D eigenvalue weighted by Crippen LogP contribution is 2.41. The van der Waals surface area contributed by atoms with Crippen molar-refractivity contribution < 1.29 is 4.74 Å². The van der Waals surface area contributed by atoms with Crippen LogP contribution in [-0.2, 0) is 0 Å². The van der Waals surface area contributed by atoms with Gasteiger partial charge >= 0.3 is 0 Å². The first kappa shape index (κ1) is 14.4. The monoisotopic (exact) mass is 261 g/mol. The van der Waals surface area contributed by atoms with Gasteiger partial charge in [0.25, 0.3) is 0 Å². The molecule has 0 saturated heterocycles. The third kappa shape index (κ3) is 3.50. The Morgan fingerprint density at radius 2 is 2.11 bits per heavy atom. The van der Waals surface area contributed by atoms with Crippen LogP contribution in [0.25, 0.3) is 0 Å². The van der Waals surface area contributed by atoms with Gasteiger partial charge in [-0.2, -0.15) is 0 Å². The molecule has 0 spiro atoms. The van der Waals surface area contributed by atoms with E-state index in [2.05, 4.69) is 57.3 Å². The highest BCUT2D eigenvalue weighted by Gasteiger charge is 2.37. The minimum Gasteiger partial charge on any atom is -0.487 e. The summed E-state index contributed by atoms with van der Waals surface area (Å²) in [5.41, 5.74) is 1.27. The van der Waals surface area contributed by atoms with Gasteiger partial charge in [-0.1, -0.05) is 39.0 Å². The lowest BCUT2D eigenvalue weighted by molar-refractivity contribution is 0.0287. The van der Waals surface area contributed by atoms with Crippen LogP contribution in [0.1, 0.15) is 58.6 Å². The predicted molar refractivity (Wildman–Crippen MR) is 80.6 cm³/mol. The number of ether oxygens (including phenoxy) is 1. The average Bonchev–Trinajstić information content (AvgIpc) is 2.34. The topological polar surface area (TPSA) is 21.3 Å². The highest BCUT2D eigenvalue weighted by molar-refractivity contribution is 5.38. The van der Waals surface area contributed by atoms with Crippen molar-refractivity contribution in [1.29, 1.82) is 0 Å². The summed E-state index contributed by atoms with van der Waals surface area (Å²) in [4.78, 5) is 0. The van der Waals surface area contributed by atoms with E-state index in [9.17, 15) is 0 Å². The lowest BCUT2D eigenvalue weighted by atomic mass is 9.83. The van der Waals surface area contributed by atoms with Gasteiger partial charge in [-0.25, -0.2) is 0 Å². The Hall–Kier alpha value is -1.02. The van der Waals surface area contributed by atoms with E-state index in [1.165, 1.54) is 12.0 Å². The standard InChI is InChI=1S/C17H27NO/c1-5-10-18-15-12-17(4,11-13(2)3)19-16-9-7-6-8-14(15)16/h6-9,13,15,18H,5,10-12H2,1-4H3. The molecule has 2 atom stereocenters.